The van der Waals surface area contributed by atoms with Gasteiger partial charge >= 0.3 is 0 Å². The zero-order valence-electron chi connectivity index (χ0n) is 12.6. The Kier molecular flexibility index (Phi) is 5.95. The van der Waals surface area contributed by atoms with Crippen molar-refractivity contribution in [2.45, 2.75) is 6.42 Å². The topological polar surface area (TPSA) is 123 Å². The SMILES string of the molecule is [N-]=[N+]([O-])N1CCN(CCCN2CCN(/[N+]([O-])=N/[O-])CC2)CC1. The number of nitrogens with zero attached hydrogens (tertiary/aromatic N) is 8. The maximum absolute atomic E-state index is 11.1. The van der Waals surface area contributed by atoms with Gasteiger partial charge in [0, 0.05) is 44.2 Å². The lowest BCUT2D eigenvalue weighted by Crippen LogP contribution is -2.50. The van der Waals surface area contributed by atoms with Gasteiger partial charge in [-0.15, -0.1) is 15.5 Å². The first kappa shape index (κ1) is 16.5. The van der Waals surface area contributed by atoms with E-state index < -0.39 is 0 Å². The summed E-state index contributed by atoms with van der Waals surface area (Å²) in [4.78, 5) is 4.58. The predicted octanol–water partition coefficient (Wildman–Crippen LogP) is -0.566. The molecule has 2 aliphatic rings. The van der Waals surface area contributed by atoms with Crippen molar-refractivity contribution in [3.63, 3.8) is 0 Å². The molecule has 0 saturated carbocycles. The first-order chi connectivity index (χ1) is 10.6. The van der Waals surface area contributed by atoms with Crippen LogP contribution in [0.15, 0.2) is 5.28 Å². The summed E-state index contributed by atoms with van der Waals surface area (Å²) in [6.45, 7) is 7.03. The van der Waals surface area contributed by atoms with Crippen molar-refractivity contribution in [3.8, 4) is 0 Å². The molecular formula is C11H22N8O3-2. The van der Waals surface area contributed by atoms with Gasteiger partial charge in [-0.3, -0.25) is 9.91 Å². The molecule has 126 valence electrons. The van der Waals surface area contributed by atoms with Crippen LogP contribution in [0.5, 0.6) is 0 Å². The van der Waals surface area contributed by atoms with Gasteiger partial charge in [0.15, 0.2) is 0 Å². The van der Waals surface area contributed by atoms with Crippen LogP contribution in [0.1, 0.15) is 6.42 Å². The molecule has 22 heavy (non-hydrogen) atoms. The molecule has 11 heteroatoms. The molecule has 0 spiro atoms. The normalized spacial score (nSPS) is 22.1. The predicted molar refractivity (Wildman–Crippen MR) is 77.1 cm³/mol. The molecule has 0 aromatic heterocycles. The second kappa shape index (κ2) is 7.94. The van der Waals surface area contributed by atoms with E-state index in [1.165, 1.54) is 10.0 Å². The fraction of sp³-hybridized carbons (Fsp3) is 1.00. The second-order valence-corrected chi connectivity index (χ2v) is 5.53. The third-order valence-electron chi connectivity index (χ3n) is 4.20. The van der Waals surface area contributed by atoms with Gasteiger partial charge in [0.25, 0.3) is 0 Å². The molecular weight excluding hydrogens is 292 g/mol. The summed E-state index contributed by atoms with van der Waals surface area (Å²) >= 11 is 0. The molecule has 2 fully saturated rings. The fourth-order valence-corrected chi connectivity index (χ4v) is 2.83. The van der Waals surface area contributed by atoms with Gasteiger partial charge in [-0.2, -0.15) is 0 Å². The summed E-state index contributed by atoms with van der Waals surface area (Å²) in [5.74, 6) is 0. The minimum Gasteiger partial charge on any atom is -0.737 e. The largest absolute Gasteiger partial charge is 0.737 e. The zero-order valence-corrected chi connectivity index (χ0v) is 12.6. The Morgan fingerprint density at radius 2 is 1.27 bits per heavy atom. The molecule has 2 aliphatic heterocycles. The van der Waals surface area contributed by atoms with Crippen molar-refractivity contribution in [2.75, 3.05) is 65.4 Å². The van der Waals surface area contributed by atoms with Crippen molar-refractivity contribution >= 4 is 0 Å². The Bertz CT molecular complexity index is 391. The minimum atomic E-state index is -0.0791. The Hall–Kier alpha value is -1.88. The number of hydrogen-bond donors (Lipinski definition) is 0. The van der Waals surface area contributed by atoms with E-state index >= 15 is 0 Å². The van der Waals surface area contributed by atoms with Gasteiger partial charge in [0.1, 0.15) is 0 Å². The van der Waals surface area contributed by atoms with Crippen LogP contribution >= 0.6 is 0 Å². The molecule has 11 nitrogen and oxygen atoms in total. The highest BCUT2D eigenvalue weighted by molar-refractivity contribution is 4.70. The third kappa shape index (κ3) is 4.56. The lowest BCUT2D eigenvalue weighted by Gasteiger charge is -2.37. The standard InChI is InChI=1S/C11H23N8O3/c12-18(21)16-8-4-14(5-9-16)2-1-3-15-6-10-17(11-7-15)19(22)13-20/h20H,1-11H2/q-1/p-1/b19-13-. The summed E-state index contributed by atoms with van der Waals surface area (Å²) in [7, 11) is 0. The van der Waals surface area contributed by atoms with Crippen LogP contribution in [-0.4, -0.2) is 95.2 Å². The van der Waals surface area contributed by atoms with Crippen LogP contribution in [0, 0.1) is 15.6 Å². The van der Waals surface area contributed by atoms with E-state index in [9.17, 15) is 15.6 Å². The van der Waals surface area contributed by atoms with Crippen LogP contribution in [0.25, 0.3) is 5.53 Å². The van der Waals surface area contributed by atoms with E-state index in [2.05, 4.69) is 15.1 Å². The van der Waals surface area contributed by atoms with Crippen LogP contribution < -0.4 is 0 Å². The zero-order chi connectivity index (χ0) is 15.9. The molecule has 0 unspecified atom stereocenters. The van der Waals surface area contributed by atoms with Crippen LogP contribution in [0.4, 0.5) is 0 Å². The van der Waals surface area contributed by atoms with E-state index in [0.717, 1.165) is 45.7 Å². The summed E-state index contributed by atoms with van der Waals surface area (Å²) in [5, 5.41) is 37.1. The molecule has 0 aliphatic carbocycles. The van der Waals surface area contributed by atoms with Crippen LogP contribution in [0.3, 0.4) is 0 Å². The molecule has 2 saturated heterocycles. The van der Waals surface area contributed by atoms with Gasteiger partial charge in [0.05, 0.1) is 13.1 Å². The number of piperazine rings is 2. The molecule has 0 radical (unpaired) electrons. The molecule has 0 bridgehead atoms. The van der Waals surface area contributed by atoms with E-state index in [1.54, 1.807) is 0 Å². The second-order valence-electron chi connectivity index (χ2n) is 5.53. The van der Waals surface area contributed by atoms with Gasteiger partial charge in [0.2, 0.25) is 0 Å². The van der Waals surface area contributed by atoms with Crippen LogP contribution in [0.2, 0.25) is 0 Å². The molecule has 0 aromatic carbocycles. The first-order valence-electron chi connectivity index (χ1n) is 7.51. The molecule has 0 amide bonds. The molecule has 2 rings (SSSR count). The van der Waals surface area contributed by atoms with Crippen molar-refractivity contribution in [2.24, 2.45) is 5.28 Å². The lowest BCUT2D eigenvalue weighted by atomic mass is 10.2. The van der Waals surface area contributed by atoms with Gasteiger partial charge in [-0.05, 0) is 24.8 Å². The Morgan fingerprint density at radius 1 is 0.818 bits per heavy atom. The molecule has 0 atom stereocenters. The maximum Gasteiger partial charge on any atom is 0.0895 e. The van der Waals surface area contributed by atoms with Crippen LogP contribution in [-0.2, 0) is 0 Å². The highest BCUT2D eigenvalue weighted by Gasteiger charge is 2.21. The monoisotopic (exact) mass is 314 g/mol. The maximum atomic E-state index is 11.1. The van der Waals surface area contributed by atoms with Gasteiger partial charge < -0.3 is 20.5 Å². The Balaban J connectivity index is 1.58. The number of rotatable bonds is 6. The smallest absolute Gasteiger partial charge is 0.0895 e. The highest BCUT2D eigenvalue weighted by Crippen LogP contribution is 2.06. The summed E-state index contributed by atoms with van der Waals surface area (Å²) < 4.78 is 0. The van der Waals surface area contributed by atoms with E-state index in [4.69, 9.17) is 5.53 Å². The highest BCUT2D eigenvalue weighted by atomic mass is 16.6. The van der Waals surface area contributed by atoms with Crippen molar-refractivity contribution in [3.05, 3.63) is 21.2 Å². The molecule has 0 N–H and O–H groups in total. The summed E-state index contributed by atoms with van der Waals surface area (Å²) in [6.07, 6.45) is 1.01. The molecule has 0 aromatic rings. The number of hydrazine groups is 2. The Labute approximate surface area is 129 Å². The third-order valence-corrected chi connectivity index (χ3v) is 4.20. The quantitative estimate of drug-likeness (QED) is 0.365. The number of hydrogen-bond acceptors (Lipinski definition) is 6. The average molecular weight is 314 g/mol. The minimum absolute atomic E-state index is 0.0791. The van der Waals surface area contributed by atoms with Crippen molar-refractivity contribution in [1.29, 1.82) is 0 Å². The average Bonchev–Trinajstić information content (AvgIpc) is 2.55. The van der Waals surface area contributed by atoms with Gasteiger partial charge in [-0.1, -0.05) is 0 Å². The first-order valence-corrected chi connectivity index (χ1v) is 7.51. The summed E-state index contributed by atoms with van der Waals surface area (Å²) in [5.41, 5.74) is 8.81. The fourth-order valence-electron chi connectivity index (χ4n) is 2.83. The van der Waals surface area contributed by atoms with Crippen molar-refractivity contribution < 1.29 is 9.94 Å². The Morgan fingerprint density at radius 3 is 1.68 bits per heavy atom. The summed E-state index contributed by atoms with van der Waals surface area (Å²) in [6, 6.07) is 0. The van der Waals surface area contributed by atoms with E-state index in [0.29, 0.717) is 26.2 Å². The van der Waals surface area contributed by atoms with E-state index in [-0.39, 0.29) is 9.94 Å². The van der Waals surface area contributed by atoms with Gasteiger partial charge in [-0.25, -0.2) is 0 Å². The lowest BCUT2D eigenvalue weighted by molar-refractivity contribution is -0.692. The van der Waals surface area contributed by atoms with E-state index in [1.807, 2.05) is 0 Å². The van der Waals surface area contributed by atoms with Crippen molar-refractivity contribution in [1.82, 2.24) is 19.8 Å². The molecule has 2 heterocycles.